The van der Waals surface area contributed by atoms with Crippen molar-refractivity contribution in [2.75, 3.05) is 19.8 Å². The molecule has 0 N–H and O–H groups in total. The Balaban J connectivity index is 1.59. The van der Waals surface area contributed by atoms with Crippen LogP contribution in [0.1, 0.15) is 37.6 Å². The van der Waals surface area contributed by atoms with E-state index in [1.807, 2.05) is 11.4 Å². The molecule has 2 aromatic heterocycles. The first-order valence-corrected chi connectivity index (χ1v) is 8.99. The van der Waals surface area contributed by atoms with E-state index in [0.717, 1.165) is 18.7 Å². The number of nitrogens with zero attached hydrogens (tertiary/aromatic N) is 3. The molecule has 1 atom stereocenters. The smallest absolute Gasteiger partial charge is 0.246 e. The maximum Gasteiger partial charge on any atom is 0.246 e. The molecular weight excluding hydrogens is 322 g/mol. The molecule has 7 heteroatoms. The third-order valence-electron chi connectivity index (χ3n) is 4.55. The number of aromatic nitrogens is 2. The number of ether oxygens (including phenoxy) is 1. The van der Waals surface area contributed by atoms with Gasteiger partial charge >= 0.3 is 0 Å². The SMILES string of the molecule is Clc1sccc1-c1noc(C2COCCN2C2CCCC2)n1. The molecule has 2 aromatic rings. The van der Waals surface area contributed by atoms with E-state index in [-0.39, 0.29) is 6.04 Å². The highest BCUT2D eigenvalue weighted by Crippen LogP contribution is 2.35. The molecule has 2 fully saturated rings. The average molecular weight is 340 g/mol. The molecule has 22 heavy (non-hydrogen) atoms. The van der Waals surface area contributed by atoms with Crippen LogP contribution in [0.5, 0.6) is 0 Å². The predicted octanol–water partition coefficient (Wildman–Crippen LogP) is 3.77. The lowest BCUT2D eigenvalue weighted by molar-refractivity contribution is -0.0397. The first-order chi connectivity index (χ1) is 10.8. The quantitative estimate of drug-likeness (QED) is 0.852. The third kappa shape index (κ3) is 2.69. The number of hydrogen-bond donors (Lipinski definition) is 0. The van der Waals surface area contributed by atoms with Crippen molar-refractivity contribution in [1.82, 2.24) is 15.0 Å². The fourth-order valence-electron chi connectivity index (χ4n) is 3.44. The second-order valence-corrected chi connectivity index (χ2v) is 7.35. The molecule has 0 bridgehead atoms. The van der Waals surface area contributed by atoms with Crippen molar-refractivity contribution in [3.63, 3.8) is 0 Å². The van der Waals surface area contributed by atoms with Gasteiger partial charge in [0.05, 0.1) is 18.8 Å². The van der Waals surface area contributed by atoms with E-state index in [1.54, 1.807) is 0 Å². The van der Waals surface area contributed by atoms with E-state index in [9.17, 15) is 0 Å². The van der Waals surface area contributed by atoms with Crippen LogP contribution in [-0.2, 0) is 4.74 Å². The standard InChI is InChI=1S/C15H18ClN3O2S/c16-13-11(5-8-22-13)14-17-15(21-18-14)12-9-20-7-6-19(12)10-3-1-2-4-10/h5,8,10,12H,1-4,6-7,9H2. The van der Waals surface area contributed by atoms with Crippen LogP contribution in [0.25, 0.3) is 11.4 Å². The van der Waals surface area contributed by atoms with Gasteiger partial charge in [-0.2, -0.15) is 4.98 Å². The van der Waals surface area contributed by atoms with Crippen molar-refractivity contribution in [3.8, 4) is 11.4 Å². The molecule has 1 aliphatic carbocycles. The molecule has 3 heterocycles. The zero-order valence-electron chi connectivity index (χ0n) is 12.2. The monoisotopic (exact) mass is 339 g/mol. The van der Waals surface area contributed by atoms with E-state index in [0.29, 0.717) is 28.7 Å². The zero-order chi connectivity index (χ0) is 14.9. The van der Waals surface area contributed by atoms with Crippen LogP contribution in [0.4, 0.5) is 0 Å². The van der Waals surface area contributed by atoms with Crippen LogP contribution in [0.3, 0.4) is 0 Å². The Hall–Kier alpha value is -0.950. The average Bonchev–Trinajstić information content (AvgIpc) is 3.28. The molecule has 0 spiro atoms. The maximum atomic E-state index is 6.16. The molecule has 118 valence electrons. The van der Waals surface area contributed by atoms with E-state index in [1.165, 1.54) is 37.0 Å². The van der Waals surface area contributed by atoms with E-state index >= 15 is 0 Å². The van der Waals surface area contributed by atoms with Gasteiger partial charge in [0.2, 0.25) is 11.7 Å². The van der Waals surface area contributed by atoms with Crippen LogP contribution in [0.15, 0.2) is 16.0 Å². The second-order valence-electron chi connectivity index (χ2n) is 5.83. The lowest BCUT2D eigenvalue weighted by Crippen LogP contribution is -2.44. The zero-order valence-corrected chi connectivity index (χ0v) is 13.8. The Labute approximate surface area is 138 Å². The van der Waals surface area contributed by atoms with Gasteiger partial charge in [-0.25, -0.2) is 0 Å². The normalized spacial score (nSPS) is 24.1. The fourth-order valence-corrected chi connectivity index (χ4v) is 4.35. The van der Waals surface area contributed by atoms with Crippen molar-refractivity contribution in [2.45, 2.75) is 37.8 Å². The summed E-state index contributed by atoms with van der Waals surface area (Å²) in [6.45, 7) is 2.34. The molecule has 4 rings (SSSR count). The van der Waals surface area contributed by atoms with Crippen LogP contribution in [0, 0.1) is 0 Å². The van der Waals surface area contributed by atoms with Crippen molar-refractivity contribution < 1.29 is 9.26 Å². The predicted molar refractivity (Wildman–Crippen MR) is 85.1 cm³/mol. The lowest BCUT2D eigenvalue weighted by Gasteiger charge is -2.37. The number of rotatable bonds is 3. The van der Waals surface area contributed by atoms with Gasteiger partial charge in [-0.05, 0) is 24.3 Å². The van der Waals surface area contributed by atoms with Gasteiger partial charge < -0.3 is 9.26 Å². The highest BCUT2D eigenvalue weighted by Gasteiger charge is 2.35. The first kappa shape index (κ1) is 14.6. The summed E-state index contributed by atoms with van der Waals surface area (Å²) in [7, 11) is 0. The summed E-state index contributed by atoms with van der Waals surface area (Å²) in [5, 5.41) is 6.04. The van der Waals surface area contributed by atoms with E-state index < -0.39 is 0 Å². The van der Waals surface area contributed by atoms with E-state index in [2.05, 4.69) is 15.0 Å². The Morgan fingerprint density at radius 1 is 1.32 bits per heavy atom. The van der Waals surface area contributed by atoms with Gasteiger partial charge in [-0.15, -0.1) is 11.3 Å². The summed E-state index contributed by atoms with van der Waals surface area (Å²) in [5.41, 5.74) is 0.839. The molecule has 0 amide bonds. The maximum absolute atomic E-state index is 6.16. The van der Waals surface area contributed by atoms with Crippen molar-refractivity contribution in [1.29, 1.82) is 0 Å². The fraction of sp³-hybridized carbons (Fsp3) is 0.600. The highest BCUT2D eigenvalue weighted by atomic mass is 35.5. The second kappa shape index (κ2) is 6.28. The summed E-state index contributed by atoms with van der Waals surface area (Å²) in [6.07, 6.45) is 5.14. The van der Waals surface area contributed by atoms with Gasteiger partial charge in [0.1, 0.15) is 10.4 Å². The highest BCUT2D eigenvalue weighted by molar-refractivity contribution is 7.15. The van der Waals surface area contributed by atoms with Crippen LogP contribution < -0.4 is 0 Å². The first-order valence-electron chi connectivity index (χ1n) is 7.73. The Morgan fingerprint density at radius 3 is 2.95 bits per heavy atom. The van der Waals surface area contributed by atoms with E-state index in [4.69, 9.17) is 20.9 Å². The summed E-state index contributed by atoms with van der Waals surface area (Å²) in [4.78, 5) is 7.07. The van der Waals surface area contributed by atoms with Gasteiger partial charge in [-0.1, -0.05) is 29.6 Å². The minimum atomic E-state index is 0.0653. The molecule has 0 aromatic carbocycles. The molecule has 0 radical (unpaired) electrons. The Morgan fingerprint density at radius 2 is 2.18 bits per heavy atom. The third-order valence-corrected chi connectivity index (χ3v) is 5.72. The summed E-state index contributed by atoms with van der Waals surface area (Å²) in [6, 6.07) is 2.61. The summed E-state index contributed by atoms with van der Waals surface area (Å²) < 4.78 is 11.9. The molecule has 1 saturated carbocycles. The Bertz CT molecular complexity index is 638. The molecule has 5 nitrogen and oxygen atoms in total. The summed E-state index contributed by atoms with van der Waals surface area (Å²) in [5.74, 6) is 1.21. The van der Waals surface area contributed by atoms with Gasteiger partial charge in [0, 0.05) is 12.6 Å². The molecule has 2 aliphatic rings. The molecule has 1 unspecified atom stereocenters. The number of halogens is 1. The van der Waals surface area contributed by atoms with Gasteiger partial charge in [0.25, 0.3) is 0 Å². The van der Waals surface area contributed by atoms with Crippen molar-refractivity contribution in [3.05, 3.63) is 21.7 Å². The van der Waals surface area contributed by atoms with Crippen LogP contribution >= 0.6 is 22.9 Å². The Kier molecular flexibility index (Phi) is 4.17. The largest absolute Gasteiger partial charge is 0.378 e. The molecule has 1 saturated heterocycles. The number of morpholine rings is 1. The minimum absolute atomic E-state index is 0.0653. The molecular formula is C15H18ClN3O2S. The number of thiophene rings is 1. The lowest BCUT2D eigenvalue weighted by atomic mass is 10.1. The van der Waals surface area contributed by atoms with Crippen molar-refractivity contribution in [2.24, 2.45) is 0 Å². The molecule has 1 aliphatic heterocycles. The number of hydrogen-bond acceptors (Lipinski definition) is 6. The minimum Gasteiger partial charge on any atom is -0.378 e. The summed E-state index contributed by atoms with van der Waals surface area (Å²) >= 11 is 7.64. The van der Waals surface area contributed by atoms with Crippen LogP contribution in [-0.4, -0.2) is 40.8 Å². The van der Waals surface area contributed by atoms with Crippen LogP contribution in [0.2, 0.25) is 4.34 Å². The van der Waals surface area contributed by atoms with Crippen molar-refractivity contribution >= 4 is 22.9 Å². The van der Waals surface area contributed by atoms with Gasteiger partial charge in [0.15, 0.2) is 0 Å². The van der Waals surface area contributed by atoms with Gasteiger partial charge in [-0.3, -0.25) is 4.90 Å². The topological polar surface area (TPSA) is 51.4 Å².